The zero-order chi connectivity index (χ0) is 31.9. The number of aryl methyl sites for hydroxylation is 1. The highest BCUT2D eigenvalue weighted by Crippen LogP contribution is 2.36. The van der Waals surface area contributed by atoms with E-state index in [9.17, 15) is 13.2 Å². The Morgan fingerprint density at radius 3 is 2.02 bits per heavy atom. The molecule has 0 fully saturated rings. The maximum Gasteiger partial charge on any atom is 0.573 e. The minimum Gasteiger partial charge on any atom is -0.497 e. The Morgan fingerprint density at radius 2 is 1.43 bits per heavy atom. The van der Waals surface area contributed by atoms with E-state index in [0.29, 0.717) is 12.1 Å². The Labute approximate surface area is 256 Å². The van der Waals surface area contributed by atoms with E-state index in [1.54, 1.807) is 20.3 Å². The Kier molecular flexibility index (Phi) is 11.1. The van der Waals surface area contributed by atoms with E-state index in [4.69, 9.17) is 20.9 Å². The molecule has 0 amide bonds. The summed E-state index contributed by atoms with van der Waals surface area (Å²) in [4.78, 5) is 4.52. The lowest BCUT2D eigenvalue weighted by molar-refractivity contribution is -0.274. The summed E-state index contributed by atoms with van der Waals surface area (Å²) in [5.74, 6) is 1.24. The van der Waals surface area contributed by atoms with Crippen LogP contribution in [-0.4, -0.2) is 68.7 Å². The van der Waals surface area contributed by atoms with Crippen molar-refractivity contribution in [3.63, 3.8) is 0 Å². The van der Waals surface area contributed by atoms with Crippen LogP contribution in [-0.2, 0) is 26.2 Å². The lowest BCUT2D eigenvalue weighted by Gasteiger charge is -2.22. The maximum atomic E-state index is 12.8. The summed E-state index contributed by atoms with van der Waals surface area (Å²) in [6, 6.07) is 16.6. The van der Waals surface area contributed by atoms with Gasteiger partial charge in [0.05, 0.1) is 14.2 Å². The normalized spacial score (nSPS) is 12.0. The van der Waals surface area contributed by atoms with Gasteiger partial charge in [-0.15, -0.1) is 13.2 Å². The molecule has 1 aromatic heterocycles. The van der Waals surface area contributed by atoms with Gasteiger partial charge in [-0.2, -0.15) is 0 Å². The summed E-state index contributed by atoms with van der Waals surface area (Å²) < 4.78 is 55.6. The van der Waals surface area contributed by atoms with Crippen molar-refractivity contribution in [3.05, 3.63) is 77.5 Å². The fourth-order valence-corrected chi connectivity index (χ4v) is 5.38. The quantitative estimate of drug-likeness (QED) is 0.181. The molecule has 0 bridgehead atoms. The molecule has 44 heavy (non-hydrogen) atoms. The number of hydrogen-bond acceptors (Lipinski definition) is 7. The van der Waals surface area contributed by atoms with Gasteiger partial charge in [-0.3, -0.25) is 0 Å². The standard InChI is InChI=1S/C33H42F3N5O3/c1-39(12-13-40(2)21-24-14-27(42-3)18-28(15-24)43-4)20-23-6-9-32-30(16-23)31(22-41(32)11-5-10-37)29-8-7-26(17-25(29)19-38)44-33(34,35)36/h6-9,14-18,22H,5,10-13,19-21,37-38H2,1-4H3. The third-order valence-electron chi connectivity index (χ3n) is 7.55. The van der Waals surface area contributed by atoms with Crippen LogP contribution in [0.4, 0.5) is 13.2 Å². The summed E-state index contributed by atoms with van der Waals surface area (Å²) in [5, 5.41) is 1.01. The first-order valence-electron chi connectivity index (χ1n) is 14.5. The number of benzene rings is 3. The Balaban J connectivity index is 1.52. The number of ether oxygens (including phenoxy) is 3. The summed E-state index contributed by atoms with van der Waals surface area (Å²) in [7, 11) is 7.47. The van der Waals surface area contributed by atoms with Crippen LogP contribution in [0.25, 0.3) is 22.0 Å². The van der Waals surface area contributed by atoms with Crippen molar-refractivity contribution in [3.8, 4) is 28.4 Å². The van der Waals surface area contributed by atoms with E-state index in [2.05, 4.69) is 51.4 Å². The smallest absolute Gasteiger partial charge is 0.497 e. The molecule has 0 saturated carbocycles. The number of rotatable bonds is 15. The first kappa shape index (κ1) is 33.1. The van der Waals surface area contributed by atoms with Gasteiger partial charge in [0.15, 0.2) is 0 Å². The van der Waals surface area contributed by atoms with Crippen LogP contribution in [0.2, 0.25) is 0 Å². The van der Waals surface area contributed by atoms with Gasteiger partial charge < -0.3 is 40.0 Å². The number of likely N-dealkylation sites (N-methyl/N-ethyl adjacent to an activating group) is 2. The van der Waals surface area contributed by atoms with Crippen LogP contribution < -0.4 is 25.7 Å². The molecule has 4 rings (SSSR count). The lowest BCUT2D eigenvalue weighted by atomic mass is 9.98. The number of halogens is 3. The van der Waals surface area contributed by atoms with Crippen LogP contribution in [0, 0.1) is 0 Å². The fourth-order valence-electron chi connectivity index (χ4n) is 5.38. The van der Waals surface area contributed by atoms with Crippen LogP contribution in [0.15, 0.2) is 60.8 Å². The molecule has 0 saturated heterocycles. The van der Waals surface area contributed by atoms with Crippen molar-refractivity contribution in [2.45, 2.75) is 39.0 Å². The minimum atomic E-state index is -4.77. The van der Waals surface area contributed by atoms with Crippen LogP contribution >= 0.6 is 0 Å². The van der Waals surface area contributed by atoms with E-state index < -0.39 is 6.36 Å². The second kappa shape index (κ2) is 14.8. The predicted molar refractivity (Wildman–Crippen MR) is 168 cm³/mol. The number of hydrogen-bond donors (Lipinski definition) is 2. The van der Waals surface area contributed by atoms with E-state index in [1.165, 1.54) is 12.1 Å². The molecule has 0 unspecified atom stereocenters. The topological polar surface area (TPSA) is 91.1 Å². The molecule has 0 radical (unpaired) electrons. The first-order chi connectivity index (χ1) is 21.0. The van der Waals surface area contributed by atoms with Gasteiger partial charge >= 0.3 is 6.36 Å². The highest BCUT2D eigenvalue weighted by molar-refractivity contribution is 5.97. The summed E-state index contributed by atoms with van der Waals surface area (Å²) >= 11 is 0. The summed E-state index contributed by atoms with van der Waals surface area (Å²) in [6.07, 6.45) is -1.94. The third-order valence-corrected chi connectivity index (χ3v) is 7.55. The van der Waals surface area contributed by atoms with Crippen molar-refractivity contribution in [1.82, 2.24) is 14.4 Å². The number of aromatic nitrogens is 1. The monoisotopic (exact) mass is 613 g/mol. The molecule has 0 aliphatic carbocycles. The zero-order valence-corrected chi connectivity index (χ0v) is 25.8. The molecule has 4 N–H and O–H groups in total. The van der Waals surface area contributed by atoms with Crippen molar-refractivity contribution < 1.29 is 27.4 Å². The molecule has 8 nitrogen and oxygen atoms in total. The molecule has 0 aliphatic heterocycles. The average molecular weight is 614 g/mol. The summed E-state index contributed by atoms with van der Waals surface area (Å²) in [6.45, 7) is 4.53. The van der Waals surface area contributed by atoms with Gasteiger partial charge in [0.1, 0.15) is 17.2 Å². The van der Waals surface area contributed by atoms with Crippen molar-refractivity contribution in [2.75, 3.05) is 47.9 Å². The lowest BCUT2D eigenvalue weighted by Crippen LogP contribution is -2.30. The van der Waals surface area contributed by atoms with E-state index >= 15 is 0 Å². The molecular weight excluding hydrogens is 571 g/mol. The first-order valence-corrected chi connectivity index (χ1v) is 14.5. The second-order valence-electron chi connectivity index (χ2n) is 11.0. The Morgan fingerprint density at radius 1 is 0.773 bits per heavy atom. The highest BCUT2D eigenvalue weighted by atomic mass is 19.4. The molecule has 238 valence electrons. The van der Waals surface area contributed by atoms with Crippen molar-refractivity contribution >= 4 is 10.9 Å². The van der Waals surface area contributed by atoms with Crippen LogP contribution in [0.1, 0.15) is 23.1 Å². The number of nitrogens with two attached hydrogens (primary N) is 2. The molecule has 0 aliphatic rings. The molecule has 1 heterocycles. The number of alkyl halides is 3. The van der Waals surface area contributed by atoms with E-state index in [0.717, 1.165) is 83.8 Å². The van der Waals surface area contributed by atoms with Gasteiger partial charge in [0.25, 0.3) is 0 Å². The predicted octanol–water partition coefficient (Wildman–Crippen LogP) is 5.60. The SMILES string of the molecule is COc1cc(CN(C)CCN(C)Cc2ccc3c(c2)c(-c2ccc(OC(F)(F)F)cc2CN)cn3CCCN)cc(OC)c1. The van der Waals surface area contributed by atoms with Gasteiger partial charge in [-0.05, 0) is 85.7 Å². The fraction of sp³-hybridized carbons (Fsp3) is 0.394. The van der Waals surface area contributed by atoms with Gasteiger partial charge in [0.2, 0.25) is 0 Å². The molecular formula is C33H42F3N5O3. The van der Waals surface area contributed by atoms with E-state index in [-0.39, 0.29) is 12.3 Å². The maximum absolute atomic E-state index is 12.8. The molecule has 0 spiro atoms. The number of nitrogens with zero attached hydrogens (tertiary/aromatic N) is 3. The molecule has 4 aromatic rings. The largest absolute Gasteiger partial charge is 0.573 e. The molecule has 11 heteroatoms. The van der Waals surface area contributed by atoms with Crippen LogP contribution in [0.5, 0.6) is 17.2 Å². The Bertz CT molecular complexity index is 1520. The van der Waals surface area contributed by atoms with Gasteiger partial charge in [0, 0.05) is 68.0 Å². The van der Waals surface area contributed by atoms with Crippen LogP contribution in [0.3, 0.4) is 0 Å². The minimum absolute atomic E-state index is 0.0678. The zero-order valence-electron chi connectivity index (χ0n) is 25.8. The van der Waals surface area contributed by atoms with Crippen molar-refractivity contribution in [2.24, 2.45) is 11.5 Å². The summed E-state index contributed by atoms with van der Waals surface area (Å²) in [5.41, 5.74) is 17.3. The highest BCUT2D eigenvalue weighted by Gasteiger charge is 2.31. The van der Waals surface area contributed by atoms with Crippen molar-refractivity contribution in [1.29, 1.82) is 0 Å². The van der Waals surface area contributed by atoms with Gasteiger partial charge in [-0.25, -0.2) is 0 Å². The average Bonchev–Trinajstić information content (AvgIpc) is 3.35. The molecule has 3 aromatic carbocycles. The third kappa shape index (κ3) is 8.66. The van der Waals surface area contributed by atoms with E-state index in [1.807, 2.05) is 24.4 Å². The number of methoxy groups -OCH3 is 2. The molecule has 0 atom stereocenters. The van der Waals surface area contributed by atoms with Gasteiger partial charge in [-0.1, -0.05) is 12.1 Å². The Hall–Kier alpha value is -3.77. The second-order valence-corrected chi connectivity index (χ2v) is 11.0. The number of fused-ring (bicyclic) bond motifs is 1.